The van der Waals surface area contributed by atoms with E-state index in [1.54, 1.807) is 69.2 Å². The molecule has 0 unspecified atom stereocenters. The third kappa shape index (κ3) is 57.0. The number of ether oxygens (including phenoxy) is 5. The predicted octanol–water partition coefficient (Wildman–Crippen LogP) is 16.3. The Morgan fingerprint density at radius 3 is 1.01 bits per heavy atom. The van der Waals surface area contributed by atoms with Gasteiger partial charge in [-0.05, 0) is 95.4 Å². The first-order valence-electron chi connectivity index (χ1n) is 39.6. The van der Waals surface area contributed by atoms with Gasteiger partial charge in [0.05, 0.1) is 30.8 Å². The number of nitrogens with two attached hydrogens (primary N) is 1. The van der Waals surface area contributed by atoms with Crippen LogP contribution >= 0.6 is 11.8 Å². The van der Waals surface area contributed by atoms with Crippen LogP contribution in [0.2, 0.25) is 0 Å². The zero-order valence-corrected chi connectivity index (χ0v) is 66.6. The van der Waals surface area contributed by atoms with Crippen LogP contribution in [0.5, 0.6) is 0 Å². The molecule has 100 heavy (non-hydrogen) atoms. The third-order valence-corrected chi connectivity index (χ3v) is 18.6. The molecule has 7 N–H and O–H groups in total. The number of rotatable bonds is 64. The largest absolute Gasteiger partial charge is 0.460 e. The van der Waals surface area contributed by atoms with Crippen LogP contribution < -0.4 is 32.3 Å². The SMILES string of the molecule is CCCCCCCCCCCCCCCC(=O)N[C@@H](CS[C@](C)(COC(=O)CCCCCCCCCCCCCCC)OC(=O)CCCCCCCCCCCCCCC)C(=O)N[C@@H](COC(C)(C)C)C(=O)N[C@@H](COC(C)(C)C)C(=O)N[C@@H](CC(N)=O)C(=O)N[C@@H](C)C(=O)OC(C)(C)C. The van der Waals surface area contributed by atoms with Gasteiger partial charge in [0.25, 0.3) is 0 Å². The number of hydrogen-bond donors (Lipinski definition) is 6. The molecular formula is C79H148N6O14S. The van der Waals surface area contributed by atoms with Gasteiger partial charge in [0, 0.05) is 25.0 Å². The molecule has 0 saturated carbocycles. The Morgan fingerprint density at radius 2 is 0.670 bits per heavy atom. The summed E-state index contributed by atoms with van der Waals surface area (Å²) >= 11 is 1.04. The zero-order chi connectivity index (χ0) is 75.1. The maximum Gasteiger partial charge on any atom is 0.328 e. The van der Waals surface area contributed by atoms with Crippen molar-refractivity contribution in [1.82, 2.24) is 26.6 Å². The lowest BCUT2D eigenvalue weighted by Crippen LogP contribution is -2.61. The maximum absolute atomic E-state index is 15.0. The second kappa shape index (κ2) is 57.9. The van der Waals surface area contributed by atoms with Crippen LogP contribution in [0.3, 0.4) is 0 Å². The summed E-state index contributed by atoms with van der Waals surface area (Å²) in [5.74, 6) is -6.84. The van der Waals surface area contributed by atoms with Gasteiger partial charge in [-0.25, -0.2) is 4.79 Å². The molecule has 20 nitrogen and oxygen atoms in total. The third-order valence-electron chi connectivity index (χ3n) is 17.3. The van der Waals surface area contributed by atoms with Crippen molar-refractivity contribution in [3.8, 4) is 0 Å². The van der Waals surface area contributed by atoms with E-state index in [1.165, 1.54) is 167 Å². The molecular weight excluding hydrogens is 1290 g/mol. The molecule has 0 bridgehead atoms. The normalized spacial score (nSPS) is 14.0. The lowest BCUT2D eigenvalue weighted by atomic mass is 10.0. The van der Waals surface area contributed by atoms with Gasteiger partial charge in [0.15, 0.2) is 4.93 Å². The van der Waals surface area contributed by atoms with Crippen molar-refractivity contribution in [2.75, 3.05) is 25.6 Å². The molecule has 0 aliphatic carbocycles. The minimum Gasteiger partial charge on any atom is -0.460 e. The highest BCUT2D eigenvalue weighted by Gasteiger charge is 2.38. The summed E-state index contributed by atoms with van der Waals surface area (Å²) in [4.78, 5) is 123. The van der Waals surface area contributed by atoms with Crippen molar-refractivity contribution in [3.63, 3.8) is 0 Å². The highest BCUT2D eigenvalue weighted by Crippen LogP contribution is 2.30. The number of amides is 6. The average Bonchev–Trinajstić information content (AvgIpc) is 0.856. The van der Waals surface area contributed by atoms with E-state index in [1.807, 2.05) is 0 Å². The minimum atomic E-state index is -1.61. The van der Waals surface area contributed by atoms with Crippen LogP contribution in [-0.4, -0.2) is 131 Å². The van der Waals surface area contributed by atoms with E-state index >= 15 is 0 Å². The molecule has 6 atom stereocenters. The Morgan fingerprint density at radius 1 is 0.360 bits per heavy atom. The summed E-state index contributed by atoms with van der Waals surface area (Å²) in [6.45, 7) is 24.0. The first-order chi connectivity index (χ1) is 47.3. The van der Waals surface area contributed by atoms with Crippen molar-refractivity contribution in [2.45, 2.75) is 425 Å². The number of carbonyl (C=O) groups excluding carboxylic acids is 9. The predicted molar refractivity (Wildman–Crippen MR) is 405 cm³/mol. The average molecular weight is 1440 g/mol. The van der Waals surface area contributed by atoms with Crippen molar-refractivity contribution >= 4 is 65.1 Å². The van der Waals surface area contributed by atoms with Crippen LogP contribution in [0.15, 0.2) is 0 Å². The maximum atomic E-state index is 15.0. The Balaban J connectivity index is 6.94. The molecule has 0 aliphatic rings. The van der Waals surface area contributed by atoms with Gasteiger partial charge < -0.3 is 56.0 Å². The van der Waals surface area contributed by atoms with E-state index in [-0.39, 0.29) is 31.6 Å². The molecule has 0 aromatic heterocycles. The number of esters is 3. The van der Waals surface area contributed by atoms with Gasteiger partial charge in [-0.2, -0.15) is 0 Å². The van der Waals surface area contributed by atoms with E-state index in [0.29, 0.717) is 19.3 Å². The van der Waals surface area contributed by atoms with Crippen LogP contribution in [0.25, 0.3) is 0 Å². The van der Waals surface area contributed by atoms with E-state index < -0.39 is 125 Å². The van der Waals surface area contributed by atoms with E-state index in [2.05, 4.69) is 47.4 Å². The fourth-order valence-corrected chi connectivity index (χ4v) is 12.3. The fourth-order valence-electron chi connectivity index (χ4n) is 11.3. The monoisotopic (exact) mass is 1440 g/mol. The second-order valence-electron chi connectivity index (χ2n) is 31.1. The molecule has 0 radical (unpaired) electrons. The molecule has 0 aromatic carbocycles. The van der Waals surface area contributed by atoms with Crippen LogP contribution in [0.4, 0.5) is 0 Å². The van der Waals surface area contributed by atoms with Gasteiger partial charge >= 0.3 is 17.9 Å². The van der Waals surface area contributed by atoms with Crippen molar-refractivity contribution in [2.24, 2.45) is 5.73 Å². The Bertz CT molecular complexity index is 2220. The van der Waals surface area contributed by atoms with Crippen LogP contribution in [-0.2, 0) is 66.8 Å². The summed E-state index contributed by atoms with van der Waals surface area (Å²) in [5, 5.41) is 13.3. The van der Waals surface area contributed by atoms with Gasteiger partial charge in [-0.3, -0.25) is 38.4 Å². The molecule has 21 heteroatoms. The zero-order valence-electron chi connectivity index (χ0n) is 65.8. The first-order valence-corrected chi connectivity index (χ1v) is 40.6. The van der Waals surface area contributed by atoms with Crippen LogP contribution in [0, 0.1) is 0 Å². The van der Waals surface area contributed by atoms with Gasteiger partial charge in [0.2, 0.25) is 35.4 Å². The smallest absolute Gasteiger partial charge is 0.328 e. The van der Waals surface area contributed by atoms with E-state index in [9.17, 15) is 43.2 Å². The number of hydrogen-bond acceptors (Lipinski definition) is 15. The molecule has 0 rings (SSSR count). The Labute approximate surface area is 611 Å². The number of thioether (sulfide) groups is 1. The quantitative estimate of drug-likeness (QED) is 0.0143. The molecule has 0 aromatic rings. The number of carbonyl (C=O) groups is 9. The van der Waals surface area contributed by atoms with Gasteiger partial charge in [-0.15, -0.1) is 11.8 Å². The minimum absolute atomic E-state index is 0.116. The molecule has 0 saturated heterocycles. The molecule has 584 valence electrons. The summed E-state index contributed by atoms with van der Waals surface area (Å²) in [6, 6.07) is -7.22. The lowest BCUT2D eigenvalue weighted by molar-refractivity contribution is -0.161. The lowest BCUT2D eigenvalue weighted by Gasteiger charge is -2.31. The van der Waals surface area contributed by atoms with Gasteiger partial charge in [-0.1, -0.05) is 252 Å². The number of primary amides is 1. The topological polar surface area (TPSA) is 286 Å². The fraction of sp³-hybridized carbons (Fsp3) is 0.886. The van der Waals surface area contributed by atoms with E-state index in [0.717, 1.165) is 82.4 Å². The number of unbranched alkanes of at least 4 members (excludes halogenated alkanes) is 36. The molecule has 0 spiro atoms. The highest BCUT2D eigenvalue weighted by atomic mass is 32.2. The second-order valence-corrected chi connectivity index (χ2v) is 32.6. The van der Waals surface area contributed by atoms with Crippen LogP contribution in [0.1, 0.15) is 373 Å². The number of nitrogens with one attached hydrogen (secondary N) is 5. The first kappa shape index (κ1) is 95.5. The van der Waals surface area contributed by atoms with Gasteiger partial charge in [0.1, 0.15) is 42.4 Å². The molecule has 0 fully saturated rings. The van der Waals surface area contributed by atoms with Crippen molar-refractivity contribution in [1.29, 1.82) is 0 Å². The summed E-state index contributed by atoms with van der Waals surface area (Å²) < 4.78 is 29.6. The summed E-state index contributed by atoms with van der Waals surface area (Å²) in [5.41, 5.74) is 2.97. The molecule has 0 aliphatic heterocycles. The van der Waals surface area contributed by atoms with Crippen molar-refractivity contribution in [3.05, 3.63) is 0 Å². The standard InChI is InChI=1S/C79H148N6O14S/c1-15-18-21-24-27-30-33-36-39-42-45-48-51-54-68(87)82-66(74(93)85-65(59-97-77(8,9)10)73(92)84-64(58-96-76(5,6)7)72(91)83-63(57-67(80)86)71(90)81-62(4)75(94)99-78(11,12)13)60-100-79(14,98-70(89)56-53-50-47-44-41-38-35-32-29-26-23-20-17-3)61-95-69(88)55-52-49-46-43-40-37-34-31-28-25-22-19-16-2/h62-66H,15-61H2,1-14H3,(H2,80,86)(H,81,90)(H,82,87)(H,83,91)(H,84,92)(H,85,93)/t62-,63-,64-,65-,66-,79+/m0/s1. The highest BCUT2D eigenvalue weighted by molar-refractivity contribution is 8.00. The summed E-state index contributed by atoms with van der Waals surface area (Å²) in [7, 11) is 0. The molecule has 0 heterocycles. The molecule has 6 amide bonds. The van der Waals surface area contributed by atoms with E-state index in [4.69, 9.17) is 29.4 Å². The Hall–Kier alpha value is -4.50. The Kier molecular flexibility index (Phi) is 55.2. The summed E-state index contributed by atoms with van der Waals surface area (Å²) in [6.07, 6.45) is 44.4. The van der Waals surface area contributed by atoms with Crippen molar-refractivity contribution < 1.29 is 66.8 Å².